The number of rotatable bonds is 2. The molecule has 0 bridgehead atoms. The van der Waals surface area contributed by atoms with Gasteiger partial charge < -0.3 is 0 Å². The number of hydrogen-bond donors (Lipinski definition) is 1. The molecule has 4 heteroatoms. The summed E-state index contributed by atoms with van der Waals surface area (Å²) in [7, 11) is 0. The number of allylic oxidation sites excluding steroid dienone is 3. The van der Waals surface area contributed by atoms with Crippen LogP contribution in [0.15, 0.2) is 60.7 Å². The quantitative estimate of drug-likeness (QED) is 0.718. The molecule has 0 unspecified atom stereocenters. The predicted molar refractivity (Wildman–Crippen MR) is 77.7 cm³/mol. The summed E-state index contributed by atoms with van der Waals surface area (Å²) in [6.07, 6.45) is 11.2. The van der Waals surface area contributed by atoms with E-state index < -0.39 is 0 Å². The van der Waals surface area contributed by atoms with E-state index in [1.165, 1.54) is 0 Å². The van der Waals surface area contributed by atoms with E-state index in [0.29, 0.717) is 0 Å². The maximum absolute atomic E-state index is 4.45. The summed E-state index contributed by atoms with van der Waals surface area (Å²) in [5.74, 6) is 0. The zero-order valence-corrected chi connectivity index (χ0v) is 10.5. The molecule has 3 aromatic heterocycles. The zero-order valence-electron chi connectivity index (χ0n) is 10.5. The van der Waals surface area contributed by atoms with Crippen molar-refractivity contribution in [2.24, 2.45) is 0 Å². The lowest BCUT2D eigenvalue weighted by Crippen LogP contribution is -1.85. The number of fused-ring (bicyclic) bond motifs is 1. The van der Waals surface area contributed by atoms with Crippen molar-refractivity contribution in [1.82, 2.24) is 20.2 Å². The Morgan fingerprint density at radius 3 is 3.00 bits per heavy atom. The van der Waals surface area contributed by atoms with Crippen molar-refractivity contribution < 1.29 is 0 Å². The maximum Gasteiger partial charge on any atom is 0.108 e. The van der Waals surface area contributed by atoms with Crippen LogP contribution in [0.1, 0.15) is 5.69 Å². The Morgan fingerprint density at radius 2 is 2.20 bits per heavy atom. The van der Waals surface area contributed by atoms with E-state index in [1.54, 1.807) is 12.4 Å². The second kappa shape index (κ2) is 4.30. The highest BCUT2D eigenvalue weighted by Gasteiger charge is 2.11. The third kappa shape index (κ3) is 1.67. The molecule has 0 radical (unpaired) electrons. The molecule has 0 aromatic carbocycles. The standard InChI is InChI=1S/C16H10N4/c1-2-5-11(4-1)16-13-8-14(12-6-3-7-17-9-12)18-10-15(13)19-20-16/h1-4,6-10H,(H,19,20). The number of pyridine rings is 2. The van der Waals surface area contributed by atoms with Gasteiger partial charge >= 0.3 is 0 Å². The molecule has 0 aliphatic heterocycles. The number of nitrogens with one attached hydrogen (secondary N) is 1. The lowest BCUT2D eigenvalue weighted by Gasteiger charge is -2.00. The predicted octanol–water partition coefficient (Wildman–Crippen LogP) is 3.13. The van der Waals surface area contributed by atoms with Gasteiger partial charge in [-0.1, -0.05) is 6.08 Å². The van der Waals surface area contributed by atoms with Gasteiger partial charge in [0.2, 0.25) is 0 Å². The number of aromatic nitrogens is 4. The summed E-state index contributed by atoms with van der Waals surface area (Å²) in [5.41, 5.74) is 7.86. The zero-order chi connectivity index (χ0) is 13.4. The SMILES string of the molecule is C1=CC=CC=1c1n[nH]c2cnc(-c3cccnc3)cc12. The van der Waals surface area contributed by atoms with Gasteiger partial charge in [0, 0.05) is 28.9 Å². The summed E-state index contributed by atoms with van der Waals surface area (Å²) in [4.78, 5) is 8.58. The fraction of sp³-hybridized carbons (Fsp3) is 0. The van der Waals surface area contributed by atoms with Crippen molar-refractivity contribution in [2.75, 3.05) is 0 Å². The van der Waals surface area contributed by atoms with Gasteiger partial charge in [-0.25, -0.2) is 0 Å². The van der Waals surface area contributed by atoms with Gasteiger partial charge in [0.25, 0.3) is 0 Å². The Hall–Kier alpha value is -2.97. The van der Waals surface area contributed by atoms with Gasteiger partial charge in [0.05, 0.1) is 17.4 Å². The van der Waals surface area contributed by atoms with E-state index in [-0.39, 0.29) is 0 Å². The molecule has 1 aliphatic carbocycles. The summed E-state index contributed by atoms with van der Waals surface area (Å²) in [6, 6.07) is 5.93. The van der Waals surface area contributed by atoms with Gasteiger partial charge in [-0.15, -0.1) is 5.73 Å². The van der Waals surface area contributed by atoms with Crippen molar-refractivity contribution in [2.45, 2.75) is 0 Å². The highest BCUT2D eigenvalue weighted by atomic mass is 15.1. The van der Waals surface area contributed by atoms with Crippen molar-refractivity contribution in [3.05, 3.63) is 66.4 Å². The van der Waals surface area contributed by atoms with Crippen molar-refractivity contribution in [3.63, 3.8) is 0 Å². The average Bonchev–Trinajstić information content (AvgIpc) is 3.16. The van der Waals surface area contributed by atoms with Crippen LogP contribution in [0.2, 0.25) is 0 Å². The molecule has 94 valence electrons. The normalized spacial score (nSPS) is 13.1. The summed E-state index contributed by atoms with van der Waals surface area (Å²) >= 11 is 0. The van der Waals surface area contributed by atoms with E-state index in [2.05, 4.69) is 25.9 Å². The van der Waals surface area contributed by atoms with Crippen LogP contribution in [0.3, 0.4) is 0 Å². The lowest BCUT2D eigenvalue weighted by molar-refractivity contribution is 1.10. The van der Waals surface area contributed by atoms with Crippen LogP contribution < -0.4 is 0 Å². The summed E-state index contributed by atoms with van der Waals surface area (Å²) < 4.78 is 0. The summed E-state index contributed by atoms with van der Waals surface area (Å²) in [5, 5.41) is 8.41. The van der Waals surface area contributed by atoms with Gasteiger partial charge in [-0.3, -0.25) is 15.1 Å². The molecular formula is C16H10N4. The van der Waals surface area contributed by atoms with Crippen LogP contribution in [-0.2, 0) is 0 Å². The Morgan fingerprint density at radius 1 is 1.20 bits per heavy atom. The van der Waals surface area contributed by atoms with Crippen LogP contribution in [0, 0.1) is 0 Å². The Labute approximate surface area is 115 Å². The topological polar surface area (TPSA) is 54.5 Å². The highest BCUT2D eigenvalue weighted by Crippen LogP contribution is 2.27. The second-order valence-electron chi connectivity index (χ2n) is 4.51. The van der Waals surface area contributed by atoms with E-state index in [9.17, 15) is 0 Å². The fourth-order valence-electron chi connectivity index (χ4n) is 2.27. The van der Waals surface area contributed by atoms with Gasteiger partial charge in [0.15, 0.2) is 0 Å². The first-order valence-corrected chi connectivity index (χ1v) is 6.30. The Balaban J connectivity index is 1.92. The second-order valence-corrected chi connectivity index (χ2v) is 4.51. The van der Waals surface area contributed by atoms with Gasteiger partial charge in [-0.05, 0) is 30.4 Å². The minimum Gasteiger partial charge on any atom is -0.276 e. The van der Waals surface area contributed by atoms with Gasteiger partial charge in [0.1, 0.15) is 5.69 Å². The molecule has 0 spiro atoms. The van der Waals surface area contributed by atoms with E-state index in [0.717, 1.165) is 33.4 Å². The largest absolute Gasteiger partial charge is 0.276 e. The maximum atomic E-state index is 4.45. The van der Waals surface area contributed by atoms with E-state index >= 15 is 0 Å². The number of H-pyrrole nitrogens is 1. The van der Waals surface area contributed by atoms with Gasteiger partial charge in [-0.2, -0.15) is 5.10 Å². The minimum absolute atomic E-state index is 0.889. The number of nitrogens with zero attached hydrogens (tertiary/aromatic N) is 3. The first kappa shape index (κ1) is 10.9. The molecule has 0 atom stereocenters. The molecule has 0 saturated carbocycles. The fourth-order valence-corrected chi connectivity index (χ4v) is 2.27. The van der Waals surface area contributed by atoms with Crippen LogP contribution in [0.4, 0.5) is 0 Å². The minimum atomic E-state index is 0.889. The first-order valence-electron chi connectivity index (χ1n) is 6.30. The molecule has 3 aromatic rings. The molecule has 4 nitrogen and oxygen atoms in total. The first-order chi connectivity index (χ1) is 9.92. The molecule has 0 fully saturated rings. The highest BCUT2D eigenvalue weighted by molar-refractivity contribution is 5.94. The third-order valence-corrected chi connectivity index (χ3v) is 3.26. The van der Waals surface area contributed by atoms with E-state index in [4.69, 9.17) is 0 Å². The number of aromatic amines is 1. The van der Waals surface area contributed by atoms with Crippen molar-refractivity contribution >= 4 is 16.5 Å². The van der Waals surface area contributed by atoms with E-state index in [1.807, 2.05) is 42.6 Å². The molecule has 20 heavy (non-hydrogen) atoms. The van der Waals surface area contributed by atoms with Crippen molar-refractivity contribution in [3.8, 4) is 11.3 Å². The monoisotopic (exact) mass is 258 g/mol. The molecule has 0 amide bonds. The summed E-state index contributed by atoms with van der Waals surface area (Å²) in [6.45, 7) is 0. The van der Waals surface area contributed by atoms with Crippen LogP contribution in [-0.4, -0.2) is 20.2 Å². The van der Waals surface area contributed by atoms with Crippen LogP contribution >= 0.6 is 0 Å². The van der Waals surface area contributed by atoms with Crippen LogP contribution in [0.25, 0.3) is 27.7 Å². The smallest absolute Gasteiger partial charge is 0.108 e. The average molecular weight is 258 g/mol. The molecule has 0 saturated heterocycles. The third-order valence-electron chi connectivity index (χ3n) is 3.26. The van der Waals surface area contributed by atoms with Crippen molar-refractivity contribution in [1.29, 1.82) is 0 Å². The lowest BCUT2D eigenvalue weighted by atomic mass is 10.1. The molecule has 1 aliphatic rings. The Kier molecular flexibility index (Phi) is 2.34. The molecule has 4 rings (SSSR count). The molecule has 3 heterocycles. The molecular weight excluding hydrogens is 248 g/mol. The Bertz CT molecular complexity index is 881. The number of hydrogen-bond acceptors (Lipinski definition) is 3. The molecule has 1 N–H and O–H groups in total. The van der Waals surface area contributed by atoms with Crippen LogP contribution in [0.5, 0.6) is 0 Å².